The zero-order valence-electron chi connectivity index (χ0n) is 15.5. The molecule has 28 heavy (non-hydrogen) atoms. The molecule has 0 bridgehead atoms. The molecular formula is C22H19N3O2S. The van der Waals surface area contributed by atoms with Gasteiger partial charge < -0.3 is 4.42 Å². The van der Waals surface area contributed by atoms with Crippen molar-refractivity contribution in [2.45, 2.75) is 26.4 Å². The molecular weight excluding hydrogens is 370 g/mol. The molecule has 5 rings (SSSR count). The lowest BCUT2D eigenvalue weighted by atomic mass is 10.1. The van der Waals surface area contributed by atoms with Gasteiger partial charge in [-0.05, 0) is 30.5 Å². The van der Waals surface area contributed by atoms with Crippen LogP contribution in [0.4, 0.5) is 0 Å². The van der Waals surface area contributed by atoms with Gasteiger partial charge in [0.25, 0.3) is 0 Å². The number of hydrogen-bond acceptors (Lipinski definition) is 6. The Bertz CT molecular complexity index is 1210. The maximum absolute atomic E-state index is 12.9. The van der Waals surface area contributed by atoms with Gasteiger partial charge in [0.2, 0.25) is 0 Å². The van der Waals surface area contributed by atoms with Crippen molar-refractivity contribution in [2.75, 3.05) is 6.54 Å². The number of aryl methyl sites for hydroxylation is 1. The van der Waals surface area contributed by atoms with E-state index in [0.29, 0.717) is 23.1 Å². The van der Waals surface area contributed by atoms with E-state index in [1.165, 1.54) is 0 Å². The van der Waals surface area contributed by atoms with Crippen LogP contribution in [-0.2, 0) is 19.5 Å². The molecule has 1 aliphatic heterocycles. The molecule has 0 fully saturated rings. The van der Waals surface area contributed by atoms with Crippen molar-refractivity contribution in [1.82, 2.24) is 14.9 Å². The summed E-state index contributed by atoms with van der Waals surface area (Å²) < 4.78 is 5.70. The van der Waals surface area contributed by atoms with Gasteiger partial charge in [0.05, 0.1) is 22.2 Å². The van der Waals surface area contributed by atoms with Crippen molar-refractivity contribution in [3.05, 3.63) is 80.8 Å². The summed E-state index contributed by atoms with van der Waals surface area (Å²) in [6.45, 7) is 4.15. The molecule has 0 radical (unpaired) electrons. The van der Waals surface area contributed by atoms with E-state index < -0.39 is 0 Å². The van der Waals surface area contributed by atoms with E-state index in [-0.39, 0.29) is 5.43 Å². The van der Waals surface area contributed by atoms with Gasteiger partial charge in [0, 0.05) is 43.4 Å². The quantitative estimate of drug-likeness (QED) is 0.526. The fourth-order valence-corrected chi connectivity index (χ4v) is 4.33. The number of hydrogen-bond donors (Lipinski definition) is 0. The van der Waals surface area contributed by atoms with E-state index in [4.69, 9.17) is 9.40 Å². The van der Waals surface area contributed by atoms with Crippen LogP contribution in [0.2, 0.25) is 0 Å². The van der Waals surface area contributed by atoms with Crippen molar-refractivity contribution in [3.63, 3.8) is 0 Å². The van der Waals surface area contributed by atoms with Crippen LogP contribution in [-0.4, -0.2) is 21.4 Å². The highest BCUT2D eigenvalue weighted by Gasteiger charge is 2.20. The Balaban J connectivity index is 1.39. The number of rotatable bonds is 3. The van der Waals surface area contributed by atoms with Gasteiger partial charge in [-0.3, -0.25) is 9.69 Å². The van der Waals surface area contributed by atoms with Crippen LogP contribution in [0.5, 0.6) is 0 Å². The fraction of sp³-hybridized carbons (Fsp3) is 0.227. The SMILES string of the molecule is Cc1ccc2occ(CN3CCc4nc(-c5cccs5)ncc4C3)c(=O)c2c1. The Labute approximate surface area is 166 Å². The van der Waals surface area contributed by atoms with Gasteiger partial charge in [-0.1, -0.05) is 17.7 Å². The molecule has 140 valence electrons. The van der Waals surface area contributed by atoms with E-state index >= 15 is 0 Å². The summed E-state index contributed by atoms with van der Waals surface area (Å²) in [6.07, 6.45) is 4.38. The first-order valence-corrected chi connectivity index (χ1v) is 10.2. The number of benzene rings is 1. The summed E-state index contributed by atoms with van der Waals surface area (Å²) in [6, 6.07) is 9.77. The second-order valence-electron chi connectivity index (χ2n) is 7.19. The average Bonchev–Trinajstić information content (AvgIpc) is 3.25. The third kappa shape index (κ3) is 3.15. The standard InChI is InChI=1S/C22H19N3O2S/c1-14-4-5-19-17(9-14)21(26)16(13-27-19)12-25-7-6-18-15(11-25)10-23-22(24-18)20-3-2-8-28-20/h2-5,8-10,13H,6-7,11-12H2,1H3. The van der Waals surface area contributed by atoms with Crippen molar-refractivity contribution < 1.29 is 4.42 Å². The van der Waals surface area contributed by atoms with Crippen LogP contribution in [0, 0.1) is 6.92 Å². The maximum Gasteiger partial charge on any atom is 0.197 e. The fourth-order valence-electron chi connectivity index (χ4n) is 3.67. The highest BCUT2D eigenvalue weighted by Crippen LogP contribution is 2.24. The Kier molecular flexibility index (Phi) is 4.30. The Morgan fingerprint density at radius 2 is 2.21 bits per heavy atom. The molecule has 0 aliphatic carbocycles. The minimum atomic E-state index is 0.0556. The summed E-state index contributed by atoms with van der Waals surface area (Å²) in [5, 5.41) is 2.69. The van der Waals surface area contributed by atoms with Crippen LogP contribution in [0.15, 0.2) is 57.4 Å². The molecule has 0 spiro atoms. The second kappa shape index (κ2) is 6.96. The first-order chi connectivity index (χ1) is 13.7. The van der Waals surface area contributed by atoms with Crippen LogP contribution < -0.4 is 5.43 Å². The zero-order chi connectivity index (χ0) is 19.1. The van der Waals surface area contributed by atoms with Gasteiger partial charge in [0.1, 0.15) is 5.58 Å². The minimum Gasteiger partial charge on any atom is -0.464 e. The molecule has 0 saturated heterocycles. The molecule has 0 amide bonds. The summed E-state index contributed by atoms with van der Waals surface area (Å²) >= 11 is 1.65. The van der Waals surface area contributed by atoms with E-state index in [1.54, 1.807) is 17.6 Å². The van der Waals surface area contributed by atoms with Crippen molar-refractivity contribution >= 4 is 22.3 Å². The molecule has 4 aromatic rings. The lowest BCUT2D eigenvalue weighted by molar-refractivity contribution is 0.240. The molecule has 0 N–H and O–H groups in total. The van der Waals surface area contributed by atoms with Crippen molar-refractivity contribution in [1.29, 1.82) is 0 Å². The third-order valence-electron chi connectivity index (χ3n) is 5.15. The van der Waals surface area contributed by atoms with Gasteiger partial charge >= 0.3 is 0 Å². The van der Waals surface area contributed by atoms with Gasteiger partial charge in [0.15, 0.2) is 11.3 Å². The predicted molar refractivity (Wildman–Crippen MR) is 110 cm³/mol. The van der Waals surface area contributed by atoms with Gasteiger partial charge in [-0.2, -0.15) is 0 Å². The zero-order valence-corrected chi connectivity index (χ0v) is 16.3. The van der Waals surface area contributed by atoms with Crippen LogP contribution >= 0.6 is 11.3 Å². The second-order valence-corrected chi connectivity index (χ2v) is 8.14. The lowest BCUT2D eigenvalue weighted by Crippen LogP contribution is -2.32. The monoisotopic (exact) mass is 389 g/mol. The summed E-state index contributed by atoms with van der Waals surface area (Å²) in [4.78, 5) is 25.5. The molecule has 1 aromatic carbocycles. The summed E-state index contributed by atoms with van der Waals surface area (Å²) in [5.74, 6) is 0.799. The molecule has 0 unspecified atom stereocenters. The van der Waals surface area contributed by atoms with E-state index in [2.05, 4.69) is 9.88 Å². The van der Waals surface area contributed by atoms with Crippen LogP contribution in [0.3, 0.4) is 0 Å². The molecule has 6 heteroatoms. The smallest absolute Gasteiger partial charge is 0.197 e. The first kappa shape index (κ1) is 17.3. The Hall–Kier alpha value is -2.83. The topological polar surface area (TPSA) is 59.2 Å². The number of aromatic nitrogens is 2. The van der Waals surface area contributed by atoms with Crippen molar-refractivity contribution in [2.24, 2.45) is 0 Å². The third-order valence-corrected chi connectivity index (χ3v) is 6.01. The van der Waals surface area contributed by atoms with Gasteiger partial charge in [-0.15, -0.1) is 11.3 Å². The molecule has 1 aliphatic rings. The average molecular weight is 389 g/mol. The van der Waals surface area contributed by atoms with E-state index in [1.807, 2.05) is 48.8 Å². The highest BCUT2D eigenvalue weighted by molar-refractivity contribution is 7.13. The lowest BCUT2D eigenvalue weighted by Gasteiger charge is -2.27. The molecule has 5 nitrogen and oxygen atoms in total. The normalized spacial score (nSPS) is 14.3. The van der Waals surface area contributed by atoms with Crippen LogP contribution in [0.25, 0.3) is 21.7 Å². The van der Waals surface area contributed by atoms with Gasteiger partial charge in [-0.25, -0.2) is 9.97 Å². The predicted octanol–water partition coefficient (Wildman–Crippen LogP) is 4.18. The molecule has 4 heterocycles. The van der Waals surface area contributed by atoms with E-state index in [0.717, 1.165) is 47.0 Å². The van der Waals surface area contributed by atoms with Crippen molar-refractivity contribution in [3.8, 4) is 10.7 Å². The van der Waals surface area contributed by atoms with Crippen LogP contribution in [0.1, 0.15) is 22.4 Å². The maximum atomic E-state index is 12.9. The Morgan fingerprint density at radius 1 is 1.29 bits per heavy atom. The Morgan fingerprint density at radius 3 is 3.07 bits per heavy atom. The summed E-state index contributed by atoms with van der Waals surface area (Å²) in [5.41, 5.74) is 4.68. The number of fused-ring (bicyclic) bond motifs is 2. The highest BCUT2D eigenvalue weighted by atomic mass is 32.1. The largest absolute Gasteiger partial charge is 0.464 e. The first-order valence-electron chi connectivity index (χ1n) is 9.29. The number of thiophene rings is 1. The minimum absolute atomic E-state index is 0.0556. The number of nitrogens with zero attached hydrogens (tertiary/aromatic N) is 3. The molecule has 3 aromatic heterocycles. The summed E-state index contributed by atoms with van der Waals surface area (Å²) in [7, 11) is 0. The molecule has 0 saturated carbocycles. The van der Waals surface area contributed by atoms with E-state index in [9.17, 15) is 4.79 Å². The molecule has 0 atom stereocenters.